The molecule has 1 aromatic rings. The second kappa shape index (κ2) is 7.66. The fraction of sp³-hybridized carbons (Fsp3) is 0.647. The molecule has 2 rings (SSSR count). The van der Waals surface area contributed by atoms with E-state index < -0.39 is 0 Å². The second-order valence-corrected chi connectivity index (χ2v) is 5.85. The third-order valence-corrected chi connectivity index (χ3v) is 4.56. The molecule has 1 fully saturated rings. The molecule has 0 heterocycles. The van der Waals surface area contributed by atoms with Gasteiger partial charge in [-0.25, -0.2) is 0 Å². The van der Waals surface area contributed by atoms with Crippen molar-refractivity contribution in [2.45, 2.75) is 39.2 Å². The Balaban J connectivity index is 1.90. The number of nitrogens with zero attached hydrogens (tertiary/aromatic N) is 1. The molecule has 0 aromatic heterocycles. The van der Waals surface area contributed by atoms with E-state index in [-0.39, 0.29) is 0 Å². The molecule has 2 heteroatoms. The first kappa shape index (κ1) is 14.5. The smallest absolute Gasteiger partial charge is 0.0233 e. The van der Waals surface area contributed by atoms with Crippen LogP contribution in [0.5, 0.6) is 0 Å². The van der Waals surface area contributed by atoms with E-state index in [0.29, 0.717) is 0 Å². The molecule has 0 amide bonds. The van der Waals surface area contributed by atoms with Crippen LogP contribution in [0.25, 0.3) is 0 Å². The largest absolute Gasteiger partial charge is 0.330 e. The molecule has 106 valence electrons. The fourth-order valence-corrected chi connectivity index (χ4v) is 3.31. The van der Waals surface area contributed by atoms with Gasteiger partial charge in [-0.3, -0.25) is 4.90 Å². The second-order valence-electron chi connectivity index (χ2n) is 5.85. The van der Waals surface area contributed by atoms with Crippen LogP contribution in [-0.2, 0) is 6.54 Å². The highest BCUT2D eigenvalue weighted by Gasteiger charge is 2.25. The number of rotatable bonds is 6. The number of nitrogens with two attached hydrogens (primary N) is 1. The summed E-state index contributed by atoms with van der Waals surface area (Å²) in [6.07, 6.45) is 5.48. The van der Waals surface area contributed by atoms with Crippen molar-refractivity contribution >= 4 is 0 Å². The zero-order valence-electron chi connectivity index (χ0n) is 12.2. The molecular formula is C17H28N2. The van der Waals surface area contributed by atoms with E-state index in [1.54, 1.807) is 0 Å². The van der Waals surface area contributed by atoms with Gasteiger partial charge in [-0.05, 0) is 43.3 Å². The average molecular weight is 260 g/mol. The van der Waals surface area contributed by atoms with E-state index in [1.807, 2.05) is 0 Å². The molecule has 0 saturated heterocycles. The first-order valence-electron chi connectivity index (χ1n) is 7.79. The van der Waals surface area contributed by atoms with E-state index >= 15 is 0 Å². The van der Waals surface area contributed by atoms with Gasteiger partial charge in [-0.2, -0.15) is 0 Å². The van der Waals surface area contributed by atoms with Crippen LogP contribution in [0, 0.1) is 11.8 Å². The standard InChI is InChI=1S/C17H28N2/c1-2-19(13-15-8-4-3-5-9-15)14-17-11-7-6-10-16(17)12-18/h3-5,8-9,16-17H,2,6-7,10-14,18H2,1H3. The molecular weight excluding hydrogens is 232 g/mol. The summed E-state index contributed by atoms with van der Waals surface area (Å²) >= 11 is 0. The molecule has 1 aliphatic rings. The first-order valence-corrected chi connectivity index (χ1v) is 7.79. The van der Waals surface area contributed by atoms with E-state index in [1.165, 1.54) is 37.8 Å². The Morgan fingerprint density at radius 3 is 2.42 bits per heavy atom. The van der Waals surface area contributed by atoms with Gasteiger partial charge < -0.3 is 5.73 Å². The zero-order chi connectivity index (χ0) is 13.5. The Hall–Kier alpha value is -0.860. The van der Waals surface area contributed by atoms with Crippen LogP contribution in [0.15, 0.2) is 30.3 Å². The van der Waals surface area contributed by atoms with Gasteiger partial charge in [0.05, 0.1) is 0 Å². The highest BCUT2D eigenvalue weighted by atomic mass is 15.1. The van der Waals surface area contributed by atoms with Crippen LogP contribution in [0.3, 0.4) is 0 Å². The summed E-state index contributed by atoms with van der Waals surface area (Å²) in [6, 6.07) is 10.8. The highest BCUT2D eigenvalue weighted by molar-refractivity contribution is 5.14. The van der Waals surface area contributed by atoms with Gasteiger partial charge in [-0.1, -0.05) is 50.1 Å². The highest BCUT2D eigenvalue weighted by Crippen LogP contribution is 2.30. The van der Waals surface area contributed by atoms with Crippen LogP contribution in [0.4, 0.5) is 0 Å². The molecule has 0 bridgehead atoms. The maximum atomic E-state index is 5.94. The van der Waals surface area contributed by atoms with Crippen molar-refractivity contribution in [2.75, 3.05) is 19.6 Å². The van der Waals surface area contributed by atoms with Crippen molar-refractivity contribution in [1.82, 2.24) is 4.90 Å². The number of benzene rings is 1. The third-order valence-electron chi connectivity index (χ3n) is 4.56. The van der Waals surface area contributed by atoms with Gasteiger partial charge in [0.25, 0.3) is 0 Å². The predicted molar refractivity (Wildman–Crippen MR) is 81.9 cm³/mol. The molecule has 1 aliphatic carbocycles. The van der Waals surface area contributed by atoms with Gasteiger partial charge >= 0.3 is 0 Å². The zero-order valence-corrected chi connectivity index (χ0v) is 12.2. The van der Waals surface area contributed by atoms with E-state index in [9.17, 15) is 0 Å². The van der Waals surface area contributed by atoms with Crippen molar-refractivity contribution in [3.63, 3.8) is 0 Å². The molecule has 0 spiro atoms. The molecule has 1 saturated carbocycles. The lowest BCUT2D eigenvalue weighted by molar-refractivity contribution is 0.154. The minimum Gasteiger partial charge on any atom is -0.330 e. The Morgan fingerprint density at radius 1 is 1.11 bits per heavy atom. The van der Waals surface area contributed by atoms with Crippen molar-refractivity contribution in [3.05, 3.63) is 35.9 Å². The summed E-state index contributed by atoms with van der Waals surface area (Å²) < 4.78 is 0. The van der Waals surface area contributed by atoms with E-state index in [0.717, 1.165) is 31.5 Å². The lowest BCUT2D eigenvalue weighted by Gasteiger charge is -2.34. The predicted octanol–water partition coefficient (Wildman–Crippen LogP) is 3.27. The number of hydrogen-bond acceptors (Lipinski definition) is 2. The average Bonchev–Trinajstić information content (AvgIpc) is 2.48. The van der Waals surface area contributed by atoms with Gasteiger partial charge in [0, 0.05) is 13.1 Å². The summed E-state index contributed by atoms with van der Waals surface area (Å²) in [6.45, 7) is 6.55. The van der Waals surface area contributed by atoms with Crippen molar-refractivity contribution in [1.29, 1.82) is 0 Å². The Bertz CT molecular complexity index is 350. The maximum absolute atomic E-state index is 5.94. The lowest BCUT2D eigenvalue weighted by atomic mass is 9.79. The van der Waals surface area contributed by atoms with Gasteiger partial charge in [0.15, 0.2) is 0 Å². The van der Waals surface area contributed by atoms with Gasteiger partial charge in [-0.15, -0.1) is 0 Å². The van der Waals surface area contributed by atoms with Crippen molar-refractivity contribution in [2.24, 2.45) is 17.6 Å². The Kier molecular flexibility index (Phi) is 5.87. The summed E-state index contributed by atoms with van der Waals surface area (Å²) in [4.78, 5) is 2.58. The topological polar surface area (TPSA) is 29.3 Å². The van der Waals surface area contributed by atoms with Crippen LogP contribution in [0.2, 0.25) is 0 Å². The minimum absolute atomic E-state index is 0.749. The van der Waals surface area contributed by atoms with Gasteiger partial charge in [0.2, 0.25) is 0 Å². The molecule has 0 radical (unpaired) electrons. The molecule has 1 aromatic carbocycles. The third kappa shape index (κ3) is 4.32. The summed E-state index contributed by atoms with van der Waals surface area (Å²) in [5.74, 6) is 1.56. The molecule has 2 atom stereocenters. The van der Waals surface area contributed by atoms with Crippen molar-refractivity contribution in [3.8, 4) is 0 Å². The lowest BCUT2D eigenvalue weighted by Crippen LogP contribution is -2.36. The van der Waals surface area contributed by atoms with Gasteiger partial charge in [0.1, 0.15) is 0 Å². The fourth-order valence-electron chi connectivity index (χ4n) is 3.31. The first-order chi connectivity index (χ1) is 9.33. The minimum atomic E-state index is 0.749. The summed E-state index contributed by atoms with van der Waals surface area (Å²) in [5.41, 5.74) is 7.37. The van der Waals surface area contributed by atoms with Crippen LogP contribution in [-0.4, -0.2) is 24.5 Å². The molecule has 2 N–H and O–H groups in total. The SMILES string of the molecule is CCN(Cc1ccccc1)CC1CCCCC1CN. The summed E-state index contributed by atoms with van der Waals surface area (Å²) in [5, 5.41) is 0. The van der Waals surface area contributed by atoms with Crippen LogP contribution < -0.4 is 5.73 Å². The quantitative estimate of drug-likeness (QED) is 0.850. The van der Waals surface area contributed by atoms with Crippen LogP contribution >= 0.6 is 0 Å². The molecule has 2 unspecified atom stereocenters. The molecule has 0 aliphatic heterocycles. The summed E-state index contributed by atoms with van der Waals surface area (Å²) in [7, 11) is 0. The Labute approximate surface area is 118 Å². The van der Waals surface area contributed by atoms with E-state index in [4.69, 9.17) is 5.73 Å². The van der Waals surface area contributed by atoms with Crippen molar-refractivity contribution < 1.29 is 0 Å². The monoisotopic (exact) mass is 260 g/mol. The van der Waals surface area contributed by atoms with Crippen LogP contribution in [0.1, 0.15) is 38.2 Å². The maximum Gasteiger partial charge on any atom is 0.0233 e. The molecule has 2 nitrogen and oxygen atoms in total. The number of hydrogen-bond donors (Lipinski definition) is 1. The van der Waals surface area contributed by atoms with E-state index in [2.05, 4.69) is 42.2 Å². The Morgan fingerprint density at radius 2 is 1.79 bits per heavy atom. The normalized spacial score (nSPS) is 23.7. The molecule has 19 heavy (non-hydrogen) atoms.